The zero-order chi connectivity index (χ0) is 13.1. The number of aromatic nitrogens is 1. The summed E-state index contributed by atoms with van der Waals surface area (Å²) >= 11 is 3.91. The number of para-hydroxylation sites is 1. The Hall–Kier alpha value is -0.890. The zero-order valence-corrected chi connectivity index (χ0v) is 12.8. The van der Waals surface area contributed by atoms with E-state index in [0.29, 0.717) is 4.83 Å². The second-order valence-corrected chi connectivity index (χ2v) is 6.78. The largest absolute Gasteiger partial charge is 0.256 e. The van der Waals surface area contributed by atoms with Crippen LogP contribution in [0.25, 0.3) is 10.9 Å². The van der Waals surface area contributed by atoms with Crippen molar-refractivity contribution in [3.8, 4) is 0 Å². The Labute approximate surface area is 123 Å². The second kappa shape index (κ2) is 6.04. The fourth-order valence-corrected chi connectivity index (χ4v) is 3.96. The highest BCUT2D eigenvalue weighted by molar-refractivity contribution is 9.09. The van der Waals surface area contributed by atoms with Gasteiger partial charge < -0.3 is 0 Å². The van der Waals surface area contributed by atoms with Crippen LogP contribution in [-0.2, 0) is 6.42 Å². The average Bonchev–Trinajstić information content (AvgIpc) is 2.65. The molecule has 1 aromatic carbocycles. The predicted octanol–water partition coefficient (Wildman–Crippen LogP) is 5.12. The van der Waals surface area contributed by atoms with Crippen molar-refractivity contribution in [1.29, 1.82) is 0 Å². The van der Waals surface area contributed by atoms with Crippen LogP contribution >= 0.6 is 15.9 Å². The SMILES string of the molecule is BrC1CCCCCC1Cc1ccnc2ccccc12. The lowest BCUT2D eigenvalue weighted by Gasteiger charge is -2.20. The highest BCUT2D eigenvalue weighted by Crippen LogP contribution is 2.32. The van der Waals surface area contributed by atoms with Crippen LogP contribution in [0.5, 0.6) is 0 Å². The van der Waals surface area contributed by atoms with Crippen LogP contribution in [0, 0.1) is 5.92 Å². The van der Waals surface area contributed by atoms with Crippen molar-refractivity contribution in [2.24, 2.45) is 5.92 Å². The van der Waals surface area contributed by atoms with Gasteiger partial charge in [-0.2, -0.15) is 0 Å². The molecule has 2 aromatic rings. The van der Waals surface area contributed by atoms with E-state index in [4.69, 9.17) is 0 Å². The third-order valence-electron chi connectivity index (χ3n) is 4.29. The molecule has 0 saturated heterocycles. The van der Waals surface area contributed by atoms with Crippen LogP contribution in [0.1, 0.15) is 37.7 Å². The molecule has 1 fully saturated rings. The van der Waals surface area contributed by atoms with E-state index in [1.165, 1.54) is 49.5 Å². The normalized spacial score (nSPS) is 24.3. The van der Waals surface area contributed by atoms with E-state index in [1.54, 1.807) is 0 Å². The molecule has 100 valence electrons. The van der Waals surface area contributed by atoms with Gasteiger partial charge in [0, 0.05) is 16.4 Å². The summed E-state index contributed by atoms with van der Waals surface area (Å²) in [5.74, 6) is 0.772. The van der Waals surface area contributed by atoms with Crippen molar-refractivity contribution >= 4 is 26.8 Å². The molecule has 19 heavy (non-hydrogen) atoms. The van der Waals surface area contributed by atoms with E-state index in [9.17, 15) is 0 Å². The molecule has 1 heterocycles. The summed E-state index contributed by atoms with van der Waals surface area (Å²) in [6.45, 7) is 0. The van der Waals surface area contributed by atoms with Gasteiger partial charge >= 0.3 is 0 Å². The lowest BCUT2D eigenvalue weighted by atomic mass is 9.91. The quantitative estimate of drug-likeness (QED) is 0.553. The van der Waals surface area contributed by atoms with Gasteiger partial charge in [-0.3, -0.25) is 4.98 Å². The first-order valence-corrected chi connectivity index (χ1v) is 8.23. The molecular formula is C17H20BrN. The number of halogens is 1. The molecule has 2 atom stereocenters. The molecule has 1 aliphatic rings. The number of pyridine rings is 1. The van der Waals surface area contributed by atoms with E-state index >= 15 is 0 Å². The van der Waals surface area contributed by atoms with Gasteiger partial charge in [0.2, 0.25) is 0 Å². The van der Waals surface area contributed by atoms with Gasteiger partial charge in [0.1, 0.15) is 0 Å². The van der Waals surface area contributed by atoms with E-state index < -0.39 is 0 Å². The first kappa shape index (κ1) is 13.1. The van der Waals surface area contributed by atoms with Crippen molar-refractivity contribution in [3.63, 3.8) is 0 Å². The number of rotatable bonds is 2. The molecule has 1 aromatic heterocycles. The van der Waals surface area contributed by atoms with Crippen LogP contribution in [0.4, 0.5) is 0 Å². The smallest absolute Gasteiger partial charge is 0.0704 e. The first-order valence-electron chi connectivity index (χ1n) is 7.31. The number of hydrogen-bond donors (Lipinski definition) is 0. The van der Waals surface area contributed by atoms with Gasteiger partial charge in [-0.25, -0.2) is 0 Å². The summed E-state index contributed by atoms with van der Waals surface area (Å²) < 4.78 is 0. The van der Waals surface area contributed by atoms with Crippen LogP contribution in [0.2, 0.25) is 0 Å². The molecule has 0 N–H and O–H groups in total. The van der Waals surface area contributed by atoms with Crippen molar-refractivity contribution in [3.05, 3.63) is 42.1 Å². The van der Waals surface area contributed by atoms with Crippen LogP contribution in [0.15, 0.2) is 36.5 Å². The lowest BCUT2D eigenvalue weighted by Crippen LogP contribution is -2.15. The molecule has 0 aliphatic heterocycles. The molecule has 0 bridgehead atoms. The molecule has 2 unspecified atom stereocenters. The molecule has 1 aliphatic carbocycles. The Morgan fingerprint density at radius 3 is 2.84 bits per heavy atom. The Bertz CT molecular complexity index is 546. The molecule has 0 amide bonds. The Balaban J connectivity index is 1.88. The maximum atomic E-state index is 4.46. The minimum atomic E-state index is 0.682. The molecule has 1 saturated carbocycles. The van der Waals surface area contributed by atoms with Gasteiger partial charge in [0.25, 0.3) is 0 Å². The molecule has 1 nitrogen and oxygen atoms in total. The molecule has 2 heteroatoms. The van der Waals surface area contributed by atoms with Crippen molar-refractivity contribution < 1.29 is 0 Å². The second-order valence-electron chi connectivity index (χ2n) is 5.61. The van der Waals surface area contributed by atoms with Gasteiger partial charge in [-0.15, -0.1) is 0 Å². The summed E-state index contributed by atoms with van der Waals surface area (Å²) in [6.07, 6.45) is 9.98. The monoisotopic (exact) mass is 317 g/mol. The number of benzene rings is 1. The predicted molar refractivity (Wildman–Crippen MR) is 84.7 cm³/mol. The maximum absolute atomic E-state index is 4.46. The number of alkyl halides is 1. The summed E-state index contributed by atoms with van der Waals surface area (Å²) in [5, 5.41) is 1.33. The summed E-state index contributed by atoms with van der Waals surface area (Å²) in [6, 6.07) is 10.7. The zero-order valence-electron chi connectivity index (χ0n) is 11.2. The standard InChI is InChI=1S/C17H20BrN/c18-16-8-3-1-2-6-14(16)12-13-10-11-19-17-9-5-4-7-15(13)17/h4-5,7,9-11,14,16H,1-3,6,8,12H2. The lowest BCUT2D eigenvalue weighted by molar-refractivity contribution is 0.477. The minimum absolute atomic E-state index is 0.682. The minimum Gasteiger partial charge on any atom is -0.256 e. The van der Waals surface area contributed by atoms with Gasteiger partial charge in [0.15, 0.2) is 0 Å². The van der Waals surface area contributed by atoms with Gasteiger partial charge in [-0.1, -0.05) is 53.4 Å². The number of hydrogen-bond acceptors (Lipinski definition) is 1. The topological polar surface area (TPSA) is 12.9 Å². The third-order valence-corrected chi connectivity index (χ3v) is 5.49. The summed E-state index contributed by atoms with van der Waals surface area (Å²) in [7, 11) is 0. The van der Waals surface area contributed by atoms with Gasteiger partial charge in [-0.05, 0) is 42.9 Å². The van der Waals surface area contributed by atoms with Crippen molar-refractivity contribution in [1.82, 2.24) is 4.98 Å². The average molecular weight is 318 g/mol. The van der Waals surface area contributed by atoms with Crippen LogP contribution < -0.4 is 0 Å². The molecule has 3 rings (SSSR count). The molecule has 0 radical (unpaired) electrons. The van der Waals surface area contributed by atoms with E-state index in [-0.39, 0.29) is 0 Å². The highest BCUT2D eigenvalue weighted by Gasteiger charge is 2.22. The van der Waals surface area contributed by atoms with Crippen molar-refractivity contribution in [2.45, 2.75) is 43.4 Å². The Morgan fingerprint density at radius 1 is 1.05 bits per heavy atom. The Kier molecular flexibility index (Phi) is 4.17. The highest BCUT2D eigenvalue weighted by atomic mass is 79.9. The molecular weight excluding hydrogens is 298 g/mol. The Morgan fingerprint density at radius 2 is 1.89 bits per heavy atom. The van der Waals surface area contributed by atoms with Crippen LogP contribution in [-0.4, -0.2) is 9.81 Å². The summed E-state index contributed by atoms with van der Waals surface area (Å²) in [4.78, 5) is 5.14. The molecule has 0 spiro atoms. The van der Waals surface area contributed by atoms with Gasteiger partial charge in [0.05, 0.1) is 5.52 Å². The fourth-order valence-electron chi connectivity index (χ4n) is 3.18. The fraction of sp³-hybridized carbons (Fsp3) is 0.471. The van der Waals surface area contributed by atoms with Crippen LogP contribution in [0.3, 0.4) is 0 Å². The third kappa shape index (κ3) is 3.00. The van der Waals surface area contributed by atoms with E-state index in [0.717, 1.165) is 11.4 Å². The number of fused-ring (bicyclic) bond motifs is 1. The van der Waals surface area contributed by atoms with Crippen molar-refractivity contribution in [2.75, 3.05) is 0 Å². The van der Waals surface area contributed by atoms with E-state index in [2.05, 4.69) is 51.2 Å². The first-order chi connectivity index (χ1) is 9.34. The maximum Gasteiger partial charge on any atom is 0.0704 e. The summed E-state index contributed by atoms with van der Waals surface area (Å²) in [5.41, 5.74) is 2.58. The van der Waals surface area contributed by atoms with E-state index in [1.807, 2.05) is 6.20 Å². The number of nitrogens with zero attached hydrogens (tertiary/aromatic N) is 1.